The van der Waals surface area contributed by atoms with Gasteiger partial charge in [0.2, 0.25) is 0 Å². The lowest BCUT2D eigenvalue weighted by Gasteiger charge is -2.07. The molecule has 1 radical (unpaired) electrons. The first kappa shape index (κ1) is 13.4. The van der Waals surface area contributed by atoms with Crippen LogP contribution in [-0.4, -0.2) is 7.11 Å². The van der Waals surface area contributed by atoms with Crippen molar-refractivity contribution in [3.05, 3.63) is 78.6 Å². The highest BCUT2D eigenvalue weighted by Crippen LogP contribution is 2.27. The number of methoxy groups -OCH3 is 1. The molecule has 0 atom stereocenters. The predicted octanol–water partition coefficient (Wildman–Crippen LogP) is 4.97. The molecular formula is C19H14FO. The minimum atomic E-state index is -0.349. The van der Waals surface area contributed by atoms with Crippen molar-refractivity contribution in [3.8, 4) is 28.0 Å². The molecule has 0 aliphatic rings. The van der Waals surface area contributed by atoms with Crippen LogP contribution in [0.25, 0.3) is 22.3 Å². The zero-order valence-corrected chi connectivity index (χ0v) is 11.6. The molecule has 0 aromatic heterocycles. The van der Waals surface area contributed by atoms with E-state index in [0.29, 0.717) is 0 Å². The van der Waals surface area contributed by atoms with Crippen LogP contribution >= 0.6 is 0 Å². The molecule has 0 fully saturated rings. The van der Waals surface area contributed by atoms with E-state index >= 15 is 0 Å². The maximum Gasteiger partial charge on any atom is 0.165 e. The van der Waals surface area contributed by atoms with E-state index in [0.717, 1.165) is 22.3 Å². The molecule has 0 amide bonds. The Bertz CT molecular complexity index is 733. The minimum Gasteiger partial charge on any atom is -0.494 e. The summed E-state index contributed by atoms with van der Waals surface area (Å²) in [5.74, 6) is -0.0893. The van der Waals surface area contributed by atoms with Crippen molar-refractivity contribution in [1.29, 1.82) is 0 Å². The van der Waals surface area contributed by atoms with Crippen LogP contribution in [0.3, 0.4) is 0 Å². The summed E-state index contributed by atoms with van der Waals surface area (Å²) in [7, 11) is 1.46. The molecule has 0 bridgehead atoms. The second-order valence-corrected chi connectivity index (χ2v) is 4.72. The molecule has 0 aliphatic carbocycles. The Morgan fingerprint density at radius 2 is 1.29 bits per heavy atom. The predicted molar refractivity (Wildman–Crippen MR) is 82.7 cm³/mol. The van der Waals surface area contributed by atoms with Gasteiger partial charge in [0.05, 0.1) is 7.11 Å². The summed E-state index contributed by atoms with van der Waals surface area (Å²) < 4.78 is 18.7. The molecule has 3 rings (SSSR count). The summed E-state index contributed by atoms with van der Waals surface area (Å²) in [5, 5.41) is 0. The topological polar surface area (TPSA) is 9.23 Å². The molecule has 103 valence electrons. The van der Waals surface area contributed by atoms with Gasteiger partial charge in [0, 0.05) is 0 Å². The fourth-order valence-electron chi connectivity index (χ4n) is 2.28. The molecule has 3 aromatic rings. The molecule has 0 unspecified atom stereocenters. The summed E-state index contributed by atoms with van der Waals surface area (Å²) in [5.41, 5.74) is 4.08. The Hall–Kier alpha value is -2.61. The maximum absolute atomic E-state index is 13.8. The third-order valence-electron chi connectivity index (χ3n) is 3.42. The van der Waals surface area contributed by atoms with Gasteiger partial charge in [0.1, 0.15) is 0 Å². The van der Waals surface area contributed by atoms with Crippen LogP contribution in [0, 0.1) is 11.9 Å². The second kappa shape index (κ2) is 5.80. The van der Waals surface area contributed by atoms with Crippen LogP contribution in [0.1, 0.15) is 0 Å². The van der Waals surface area contributed by atoms with E-state index in [4.69, 9.17) is 4.74 Å². The second-order valence-electron chi connectivity index (χ2n) is 4.72. The highest BCUT2D eigenvalue weighted by Gasteiger charge is 2.05. The van der Waals surface area contributed by atoms with Gasteiger partial charge < -0.3 is 4.74 Å². The van der Waals surface area contributed by atoms with Gasteiger partial charge in [-0.3, -0.25) is 0 Å². The van der Waals surface area contributed by atoms with Crippen LogP contribution in [-0.2, 0) is 0 Å². The number of benzene rings is 3. The Labute approximate surface area is 123 Å². The van der Waals surface area contributed by atoms with Gasteiger partial charge in [-0.25, -0.2) is 4.39 Å². The van der Waals surface area contributed by atoms with Gasteiger partial charge >= 0.3 is 0 Å². The highest BCUT2D eigenvalue weighted by molar-refractivity contribution is 5.70. The lowest BCUT2D eigenvalue weighted by Crippen LogP contribution is -1.88. The van der Waals surface area contributed by atoms with E-state index in [1.807, 2.05) is 54.6 Å². The average Bonchev–Trinajstić information content (AvgIpc) is 2.56. The molecule has 21 heavy (non-hydrogen) atoms. The zero-order chi connectivity index (χ0) is 14.7. The van der Waals surface area contributed by atoms with Gasteiger partial charge in [-0.2, -0.15) is 0 Å². The Morgan fingerprint density at radius 3 is 1.86 bits per heavy atom. The molecule has 3 aromatic carbocycles. The van der Waals surface area contributed by atoms with Gasteiger partial charge in [-0.15, -0.1) is 0 Å². The monoisotopic (exact) mass is 277 g/mol. The van der Waals surface area contributed by atoms with Crippen LogP contribution in [0.5, 0.6) is 5.75 Å². The number of ether oxygens (including phenoxy) is 1. The first-order chi connectivity index (χ1) is 10.3. The molecule has 2 heteroatoms. The average molecular weight is 277 g/mol. The molecule has 1 nitrogen and oxygen atoms in total. The molecule has 0 N–H and O–H groups in total. The van der Waals surface area contributed by atoms with Gasteiger partial charge in [0.15, 0.2) is 11.6 Å². The molecule has 0 aliphatic heterocycles. The van der Waals surface area contributed by atoms with Crippen molar-refractivity contribution in [2.75, 3.05) is 7.11 Å². The van der Waals surface area contributed by atoms with Crippen molar-refractivity contribution in [3.63, 3.8) is 0 Å². The summed E-state index contributed by atoms with van der Waals surface area (Å²) in [6.07, 6.45) is 0. The minimum absolute atomic E-state index is 0.260. The zero-order valence-electron chi connectivity index (χ0n) is 11.6. The van der Waals surface area contributed by atoms with Crippen molar-refractivity contribution >= 4 is 0 Å². The van der Waals surface area contributed by atoms with E-state index < -0.39 is 0 Å². The van der Waals surface area contributed by atoms with E-state index in [-0.39, 0.29) is 11.6 Å². The molecule has 0 saturated carbocycles. The first-order valence-electron chi connectivity index (χ1n) is 6.68. The molecule has 0 spiro atoms. The van der Waals surface area contributed by atoms with Crippen molar-refractivity contribution in [1.82, 2.24) is 0 Å². The normalized spacial score (nSPS) is 10.4. The third-order valence-corrected chi connectivity index (χ3v) is 3.42. The summed E-state index contributed by atoms with van der Waals surface area (Å²) in [4.78, 5) is 0. The molecular weight excluding hydrogens is 263 g/mol. The summed E-state index contributed by atoms with van der Waals surface area (Å²) in [6, 6.07) is 23.9. The van der Waals surface area contributed by atoms with Crippen LogP contribution < -0.4 is 4.74 Å². The van der Waals surface area contributed by atoms with Crippen LogP contribution in [0.4, 0.5) is 4.39 Å². The largest absolute Gasteiger partial charge is 0.494 e. The van der Waals surface area contributed by atoms with Crippen LogP contribution in [0.15, 0.2) is 66.7 Å². The Balaban J connectivity index is 1.92. The van der Waals surface area contributed by atoms with Gasteiger partial charge in [-0.1, -0.05) is 54.6 Å². The lowest BCUT2D eigenvalue weighted by atomic mass is 10.0. The fourth-order valence-corrected chi connectivity index (χ4v) is 2.28. The standard InChI is InChI=1S/C19H14FO/c1-21-19-12-11-17(13-18(19)20)16-9-7-15(8-10-16)14-5-3-2-4-6-14/h3-13H,1H3. The van der Waals surface area contributed by atoms with E-state index in [9.17, 15) is 4.39 Å². The number of hydrogen-bond donors (Lipinski definition) is 0. The number of halogens is 1. The quantitative estimate of drug-likeness (QED) is 0.657. The van der Waals surface area contributed by atoms with E-state index in [2.05, 4.69) is 6.07 Å². The smallest absolute Gasteiger partial charge is 0.165 e. The summed E-state index contributed by atoms with van der Waals surface area (Å²) >= 11 is 0. The number of rotatable bonds is 3. The Kier molecular flexibility index (Phi) is 3.69. The third kappa shape index (κ3) is 2.79. The highest BCUT2D eigenvalue weighted by atomic mass is 19.1. The van der Waals surface area contributed by atoms with Crippen LogP contribution in [0.2, 0.25) is 0 Å². The summed E-state index contributed by atoms with van der Waals surface area (Å²) in [6.45, 7) is 0. The molecule has 0 heterocycles. The lowest BCUT2D eigenvalue weighted by molar-refractivity contribution is 0.386. The SMILES string of the molecule is COc1ccc(-c2ccc(-c3cc[c]cc3)cc2)cc1F. The van der Waals surface area contributed by atoms with E-state index in [1.165, 1.54) is 13.2 Å². The Morgan fingerprint density at radius 1 is 0.762 bits per heavy atom. The fraction of sp³-hybridized carbons (Fsp3) is 0.0526. The van der Waals surface area contributed by atoms with E-state index in [1.54, 1.807) is 6.07 Å². The maximum atomic E-state index is 13.8. The van der Waals surface area contributed by atoms with Gasteiger partial charge in [0.25, 0.3) is 0 Å². The van der Waals surface area contributed by atoms with Gasteiger partial charge in [-0.05, 0) is 40.5 Å². The van der Waals surface area contributed by atoms with Crippen molar-refractivity contribution < 1.29 is 9.13 Å². The molecule has 0 saturated heterocycles. The van der Waals surface area contributed by atoms with Crippen molar-refractivity contribution in [2.45, 2.75) is 0 Å². The van der Waals surface area contributed by atoms with Crippen molar-refractivity contribution in [2.24, 2.45) is 0 Å². The first-order valence-corrected chi connectivity index (χ1v) is 6.68. The number of hydrogen-bond acceptors (Lipinski definition) is 1.